The van der Waals surface area contributed by atoms with E-state index in [1.165, 1.54) is 5.56 Å². The Hall–Kier alpha value is -2.14. The summed E-state index contributed by atoms with van der Waals surface area (Å²) in [5.74, 6) is 0.527. The van der Waals surface area contributed by atoms with E-state index in [0.717, 1.165) is 24.3 Å². The van der Waals surface area contributed by atoms with Crippen LogP contribution in [0, 0.1) is 0 Å². The molecular formula is C16H20N4O. The number of aromatic nitrogens is 2. The molecule has 0 aliphatic carbocycles. The minimum absolute atomic E-state index is 0.163. The lowest BCUT2D eigenvalue weighted by molar-refractivity contribution is -0.118. The third-order valence-electron chi connectivity index (χ3n) is 4.05. The highest BCUT2D eigenvalue weighted by atomic mass is 16.2. The molecule has 0 bridgehead atoms. The summed E-state index contributed by atoms with van der Waals surface area (Å²) in [4.78, 5) is 21.4. The number of imidazole rings is 1. The van der Waals surface area contributed by atoms with Crippen LogP contribution in [0.25, 0.3) is 0 Å². The van der Waals surface area contributed by atoms with Crippen LogP contribution in [0.2, 0.25) is 0 Å². The monoisotopic (exact) mass is 284 g/mol. The SMILES string of the molecule is NCCC1CN(C(=O)CCc2cnc[nH]2)c2ccccc21. The van der Waals surface area contributed by atoms with E-state index in [1.807, 2.05) is 23.1 Å². The number of hydrogen-bond donors (Lipinski definition) is 2. The number of carbonyl (C=O) groups is 1. The van der Waals surface area contributed by atoms with Crippen LogP contribution in [-0.2, 0) is 11.2 Å². The first-order valence-corrected chi connectivity index (χ1v) is 7.36. The molecule has 110 valence electrons. The van der Waals surface area contributed by atoms with Crippen LogP contribution in [-0.4, -0.2) is 29.0 Å². The van der Waals surface area contributed by atoms with E-state index in [4.69, 9.17) is 5.73 Å². The quantitative estimate of drug-likeness (QED) is 0.879. The zero-order chi connectivity index (χ0) is 14.7. The second-order valence-corrected chi connectivity index (χ2v) is 5.41. The molecule has 0 fully saturated rings. The maximum Gasteiger partial charge on any atom is 0.227 e. The number of benzene rings is 1. The van der Waals surface area contributed by atoms with E-state index in [2.05, 4.69) is 16.0 Å². The molecule has 1 aromatic carbocycles. The lowest BCUT2D eigenvalue weighted by Crippen LogP contribution is -2.30. The van der Waals surface area contributed by atoms with Crippen molar-refractivity contribution in [2.24, 2.45) is 5.73 Å². The van der Waals surface area contributed by atoms with Gasteiger partial charge in [0.15, 0.2) is 0 Å². The predicted octanol–water partition coefficient (Wildman–Crippen LogP) is 1.82. The molecule has 1 aliphatic heterocycles. The summed E-state index contributed by atoms with van der Waals surface area (Å²) in [6.07, 6.45) is 5.51. The third-order valence-corrected chi connectivity index (χ3v) is 4.05. The maximum absolute atomic E-state index is 12.5. The number of nitrogens with zero attached hydrogens (tertiary/aromatic N) is 2. The third kappa shape index (κ3) is 2.83. The molecule has 21 heavy (non-hydrogen) atoms. The van der Waals surface area contributed by atoms with Crippen LogP contribution in [0.4, 0.5) is 5.69 Å². The minimum Gasteiger partial charge on any atom is -0.348 e. The Morgan fingerprint density at radius 1 is 1.43 bits per heavy atom. The van der Waals surface area contributed by atoms with Crippen LogP contribution in [0.15, 0.2) is 36.8 Å². The molecule has 3 rings (SSSR count). The Kier molecular flexibility index (Phi) is 4.01. The lowest BCUT2D eigenvalue weighted by atomic mass is 9.98. The number of nitrogens with one attached hydrogen (secondary N) is 1. The van der Waals surface area contributed by atoms with Gasteiger partial charge in [0.05, 0.1) is 6.33 Å². The maximum atomic E-state index is 12.5. The Morgan fingerprint density at radius 2 is 2.29 bits per heavy atom. The van der Waals surface area contributed by atoms with E-state index < -0.39 is 0 Å². The zero-order valence-corrected chi connectivity index (χ0v) is 12.0. The number of para-hydroxylation sites is 1. The van der Waals surface area contributed by atoms with Gasteiger partial charge in [-0.25, -0.2) is 4.98 Å². The molecule has 2 aromatic rings. The molecule has 0 spiro atoms. The van der Waals surface area contributed by atoms with Crippen molar-refractivity contribution >= 4 is 11.6 Å². The molecule has 1 unspecified atom stereocenters. The summed E-state index contributed by atoms with van der Waals surface area (Å²) in [6.45, 7) is 1.40. The highest BCUT2D eigenvalue weighted by molar-refractivity contribution is 5.96. The highest BCUT2D eigenvalue weighted by Crippen LogP contribution is 2.37. The van der Waals surface area contributed by atoms with Gasteiger partial charge in [0.1, 0.15) is 0 Å². The van der Waals surface area contributed by atoms with Crippen molar-refractivity contribution in [1.29, 1.82) is 0 Å². The number of anilines is 1. The first-order valence-electron chi connectivity index (χ1n) is 7.36. The van der Waals surface area contributed by atoms with E-state index in [0.29, 0.717) is 25.3 Å². The number of aromatic amines is 1. The second-order valence-electron chi connectivity index (χ2n) is 5.41. The van der Waals surface area contributed by atoms with Crippen LogP contribution >= 0.6 is 0 Å². The molecule has 1 amide bonds. The molecule has 3 N–H and O–H groups in total. The van der Waals surface area contributed by atoms with Gasteiger partial charge in [-0.1, -0.05) is 18.2 Å². The first-order chi connectivity index (χ1) is 10.3. The fourth-order valence-corrected chi connectivity index (χ4v) is 2.98. The molecular weight excluding hydrogens is 264 g/mol. The molecule has 0 radical (unpaired) electrons. The predicted molar refractivity (Wildman–Crippen MR) is 82.1 cm³/mol. The van der Waals surface area contributed by atoms with E-state index in [9.17, 15) is 4.79 Å². The van der Waals surface area contributed by atoms with Crippen molar-refractivity contribution in [1.82, 2.24) is 9.97 Å². The van der Waals surface area contributed by atoms with Gasteiger partial charge in [-0.3, -0.25) is 4.79 Å². The molecule has 5 nitrogen and oxygen atoms in total. The summed E-state index contributed by atoms with van der Waals surface area (Å²) >= 11 is 0. The number of fused-ring (bicyclic) bond motifs is 1. The molecule has 1 atom stereocenters. The normalized spacial score (nSPS) is 17.0. The summed E-state index contributed by atoms with van der Waals surface area (Å²) < 4.78 is 0. The molecule has 0 saturated carbocycles. The van der Waals surface area contributed by atoms with Crippen molar-refractivity contribution in [3.8, 4) is 0 Å². The van der Waals surface area contributed by atoms with Gasteiger partial charge in [-0.2, -0.15) is 0 Å². The van der Waals surface area contributed by atoms with Gasteiger partial charge < -0.3 is 15.6 Å². The number of carbonyl (C=O) groups excluding carboxylic acids is 1. The van der Waals surface area contributed by atoms with E-state index in [-0.39, 0.29) is 5.91 Å². The molecule has 1 aromatic heterocycles. The fourth-order valence-electron chi connectivity index (χ4n) is 2.98. The Balaban J connectivity index is 1.72. The van der Waals surface area contributed by atoms with Gasteiger partial charge in [-0.05, 0) is 31.0 Å². The average Bonchev–Trinajstić information content (AvgIpc) is 3.14. The summed E-state index contributed by atoms with van der Waals surface area (Å²) in [7, 11) is 0. The number of hydrogen-bond acceptors (Lipinski definition) is 3. The molecule has 5 heteroatoms. The minimum atomic E-state index is 0.163. The van der Waals surface area contributed by atoms with Crippen molar-refractivity contribution in [3.63, 3.8) is 0 Å². The Labute approximate surface area is 124 Å². The molecule has 2 heterocycles. The average molecular weight is 284 g/mol. The summed E-state index contributed by atoms with van der Waals surface area (Å²) in [5.41, 5.74) is 8.98. The highest BCUT2D eigenvalue weighted by Gasteiger charge is 2.31. The van der Waals surface area contributed by atoms with Gasteiger partial charge in [0, 0.05) is 36.5 Å². The number of H-pyrrole nitrogens is 1. The van der Waals surface area contributed by atoms with Crippen molar-refractivity contribution in [2.75, 3.05) is 18.0 Å². The van der Waals surface area contributed by atoms with Gasteiger partial charge in [-0.15, -0.1) is 0 Å². The number of nitrogens with two attached hydrogens (primary N) is 1. The zero-order valence-electron chi connectivity index (χ0n) is 12.0. The number of aryl methyl sites for hydroxylation is 1. The number of amides is 1. The summed E-state index contributed by atoms with van der Waals surface area (Å²) in [6, 6.07) is 8.15. The van der Waals surface area contributed by atoms with E-state index >= 15 is 0 Å². The number of rotatable bonds is 5. The summed E-state index contributed by atoms with van der Waals surface area (Å²) in [5, 5.41) is 0. The Morgan fingerprint density at radius 3 is 3.05 bits per heavy atom. The van der Waals surface area contributed by atoms with Crippen molar-refractivity contribution in [3.05, 3.63) is 48.0 Å². The molecule has 1 aliphatic rings. The molecule has 0 saturated heterocycles. The smallest absolute Gasteiger partial charge is 0.227 e. The van der Waals surface area contributed by atoms with Crippen LogP contribution in [0.5, 0.6) is 0 Å². The topological polar surface area (TPSA) is 75.0 Å². The fraction of sp³-hybridized carbons (Fsp3) is 0.375. The van der Waals surface area contributed by atoms with Crippen LogP contribution < -0.4 is 10.6 Å². The first kappa shape index (κ1) is 13.8. The van der Waals surface area contributed by atoms with Gasteiger partial charge in [0.25, 0.3) is 0 Å². The lowest BCUT2D eigenvalue weighted by Gasteiger charge is -2.17. The Bertz CT molecular complexity index is 608. The van der Waals surface area contributed by atoms with Crippen LogP contribution in [0.3, 0.4) is 0 Å². The second kappa shape index (κ2) is 6.10. The van der Waals surface area contributed by atoms with Gasteiger partial charge >= 0.3 is 0 Å². The van der Waals surface area contributed by atoms with E-state index in [1.54, 1.807) is 12.5 Å². The van der Waals surface area contributed by atoms with Crippen LogP contribution in [0.1, 0.15) is 30.0 Å². The van der Waals surface area contributed by atoms with Gasteiger partial charge in [0.2, 0.25) is 5.91 Å². The van der Waals surface area contributed by atoms with Crippen molar-refractivity contribution < 1.29 is 4.79 Å². The standard InChI is InChI=1S/C16H20N4O/c17-8-7-12-10-20(15-4-2-1-3-14(12)15)16(21)6-5-13-9-18-11-19-13/h1-4,9,11-12H,5-8,10,17H2,(H,18,19). The van der Waals surface area contributed by atoms with Crippen molar-refractivity contribution in [2.45, 2.75) is 25.2 Å². The largest absolute Gasteiger partial charge is 0.348 e.